The van der Waals surface area contributed by atoms with Crippen molar-refractivity contribution < 1.29 is 13.9 Å². The molecule has 0 bridgehead atoms. The summed E-state index contributed by atoms with van der Waals surface area (Å²) in [5.74, 6) is 0.218. The molecule has 4 rings (SSSR count). The van der Waals surface area contributed by atoms with Gasteiger partial charge in [0.1, 0.15) is 17.9 Å². The minimum atomic E-state index is -0.345. The van der Waals surface area contributed by atoms with E-state index in [1.54, 1.807) is 42.5 Å². The van der Waals surface area contributed by atoms with Gasteiger partial charge in [0.2, 0.25) is 5.88 Å². The van der Waals surface area contributed by atoms with Gasteiger partial charge in [0.05, 0.1) is 5.69 Å². The van der Waals surface area contributed by atoms with Crippen LogP contribution in [0.5, 0.6) is 11.6 Å². The van der Waals surface area contributed by atoms with E-state index in [1.807, 2.05) is 31.2 Å². The minimum Gasteiger partial charge on any atom is -0.439 e. The largest absolute Gasteiger partial charge is 0.439 e. The molecule has 1 heterocycles. The van der Waals surface area contributed by atoms with E-state index < -0.39 is 0 Å². The van der Waals surface area contributed by atoms with Crippen LogP contribution in [0.25, 0.3) is 11.3 Å². The fourth-order valence-corrected chi connectivity index (χ4v) is 3.01. The predicted molar refractivity (Wildman–Crippen MR) is 116 cm³/mol. The minimum absolute atomic E-state index is 0.200. The zero-order valence-corrected chi connectivity index (χ0v) is 16.9. The molecule has 0 aliphatic rings. The van der Waals surface area contributed by atoms with E-state index in [1.165, 1.54) is 24.0 Å². The molecule has 0 atom stereocenters. The molecule has 1 N–H and O–H groups in total. The first-order chi connectivity index (χ1) is 15.1. The summed E-state index contributed by atoms with van der Waals surface area (Å²) in [6.45, 7) is 2.46. The Morgan fingerprint density at radius 1 is 0.968 bits per heavy atom. The average molecular weight is 413 g/mol. The number of rotatable bonds is 6. The molecule has 1 amide bonds. The molecule has 5 nitrogen and oxygen atoms in total. The van der Waals surface area contributed by atoms with Gasteiger partial charge in [-0.1, -0.05) is 48.0 Å². The molecule has 1 aromatic heterocycles. The van der Waals surface area contributed by atoms with Crippen molar-refractivity contribution in [3.05, 3.63) is 108 Å². The van der Waals surface area contributed by atoms with Gasteiger partial charge in [-0.2, -0.15) is 0 Å². The van der Waals surface area contributed by atoms with E-state index in [0.29, 0.717) is 35.0 Å². The third-order valence-corrected chi connectivity index (χ3v) is 4.65. The molecule has 0 aliphatic heterocycles. The Labute approximate surface area is 179 Å². The molecule has 4 aromatic rings. The predicted octanol–water partition coefficient (Wildman–Crippen LogP) is 5.31. The first kappa shape index (κ1) is 20.2. The summed E-state index contributed by atoms with van der Waals surface area (Å²) in [5, 5.41) is 2.91. The zero-order chi connectivity index (χ0) is 21.6. The number of hydrogen-bond acceptors (Lipinski definition) is 4. The second kappa shape index (κ2) is 9.17. The topological polar surface area (TPSA) is 64.1 Å². The van der Waals surface area contributed by atoms with E-state index in [4.69, 9.17) is 4.74 Å². The molecule has 0 saturated heterocycles. The maximum atomic E-state index is 13.5. The van der Waals surface area contributed by atoms with Crippen LogP contribution in [0, 0.1) is 12.7 Å². The summed E-state index contributed by atoms with van der Waals surface area (Å²) in [7, 11) is 0. The SMILES string of the molecule is Cc1ccc(CNC(=O)c2cccc(Oc3cc(-c4cccc(F)c4)ncn3)c2)cc1. The third-order valence-electron chi connectivity index (χ3n) is 4.65. The monoisotopic (exact) mass is 413 g/mol. The zero-order valence-electron chi connectivity index (χ0n) is 16.9. The van der Waals surface area contributed by atoms with Gasteiger partial charge in [-0.15, -0.1) is 0 Å². The van der Waals surface area contributed by atoms with Gasteiger partial charge < -0.3 is 10.1 Å². The van der Waals surface area contributed by atoms with E-state index in [0.717, 1.165) is 5.56 Å². The Hall–Kier alpha value is -4.06. The number of nitrogens with one attached hydrogen (secondary N) is 1. The van der Waals surface area contributed by atoms with Gasteiger partial charge in [-0.05, 0) is 42.8 Å². The van der Waals surface area contributed by atoms with E-state index in [-0.39, 0.29) is 11.7 Å². The second-order valence-corrected chi connectivity index (χ2v) is 7.05. The lowest BCUT2D eigenvalue weighted by Gasteiger charge is -2.09. The Balaban J connectivity index is 1.45. The van der Waals surface area contributed by atoms with Crippen LogP contribution in [-0.2, 0) is 6.54 Å². The van der Waals surface area contributed by atoms with Crippen LogP contribution >= 0.6 is 0 Å². The normalized spacial score (nSPS) is 10.5. The molecule has 3 aromatic carbocycles. The molecule has 0 fully saturated rings. The highest BCUT2D eigenvalue weighted by Gasteiger charge is 2.09. The van der Waals surface area contributed by atoms with Crippen molar-refractivity contribution >= 4 is 5.91 Å². The number of halogens is 1. The highest BCUT2D eigenvalue weighted by atomic mass is 19.1. The van der Waals surface area contributed by atoms with Crippen LogP contribution in [0.15, 0.2) is 85.2 Å². The van der Waals surface area contributed by atoms with Crippen LogP contribution in [0.1, 0.15) is 21.5 Å². The standard InChI is InChI=1S/C25H20FN3O2/c1-17-8-10-18(11-9-17)15-27-25(30)20-5-3-7-22(13-20)31-24-14-23(28-16-29-24)19-4-2-6-21(26)12-19/h2-14,16H,15H2,1H3,(H,27,30). The van der Waals surface area contributed by atoms with Crippen molar-refractivity contribution in [2.75, 3.05) is 0 Å². The lowest BCUT2D eigenvalue weighted by Crippen LogP contribution is -2.22. The van der Waals surface area contributed by atoms with Crippen molar-refractivity contribution in [2.24, 2.45) is 0 Å². The van der Waals surface area contributed by atoms with Crippen LogP contribution in [0.2, 0.25) is 0 Å². The van der Waals surface area contributed by atoms with Crippen LogP contribution in [0.4, 0.5) is 4.39 Å². The summed E-state index contributed by atoms with van der Waals surface area (Å²) in [6.07, 6.45) is 1.35. The molecule has 31 heavy (non-hydrogen) atoms. The van der Waals surface area contributed by atoms with E-state index in [9.17, 15) is 9.18 Å². The fourth-order valence-electron chi connectivity index (χ4n) is 3.01. The second-order valence-electron chi connectivity index (χ2n) is 7.05. The van der Waals surface area contributed by atoms with Crippen molar-refractivity contribution in [1.82, 2.24) is 15.3 Å². The smallest absolute Gasteiger partial charge is 0.251 e. The molecule has 6 heteroatoms. The first-order valence-corrected chi connectivity index (χ1v) is 9.76. The van der Waals surface area contributed by atoms with Crippen LogP contribution < -0.4 is 10.1 Å². The number of nitrogens with zero attached hydrogens (tertiary/aromatic N) is 2. The summed E-state index contributed by atoms with van der Waals surface area (Å²) in [4.78, 5) is 20.8. The van der Waals surface area contributed by atoms with Gasteiger partial charge in [0.15, 0.2) is 0 Å². The van der Waals surface area contributed by atoms with Crippen molar-refractivity contribution in [3.8, 4) is 22.9 Å². The summed E-state index contributed by atoms with van der Waals surface area (Å²) in [5.41, 5.74) is 3.83. The molecular formula is C25H20FN3O2. The Kier molecular flexibility index (Phi) is 5.98. The molecule has 0 saturated carbocycles. The van der Waals surface area contributed by atoms with Gasteiger partial charge in [-0.25, -0.2) is 14.4 Å². The number of aryl methyl sites for hydroxylation is 1. The number of aromatic nitrogens is 2. The van der Waals surface area contributed by atoms with Crippen LogP contribution in [0.3, 0.4) is 0 Å². The number of benzene rings is 3. The lowest BCUT2D eigenvalue weighted by molar-refractivity contribution is 0.0950. The molecular weight excluding hydrogens is 393 g/mol. The summed E-state index contributed by atoms with van der Waals surface area (Å²) in [6, 6.07) is 22.6. The third kappa shape index (κ3) is 5.30. The average Bonchev–Trinajstić information content (AvgIpc) is 2.79. The number of carbonyl (C=O) groups excluding carboxylic acids is 1. The first-order valence-electron chi connectivity index (χ1n) is 9.76. The number of ether oxygens (including phenoxy) is 1. The highest BCUT2D eigenvalue weighted by Crippen LogP contribution is 2.25. The van der Waals surface area contributed by atoms with Crippen molar-refractivity contribution in [3.63, 3.8) is 0 Å². The van der Waals surface area contributed by atoms with Gasteiger partial charge in [0.25, 0.3) is 5.91 Å². The molecule has 154 valence electrons. The molecule has 0 unspecified atom stereocenters. The quantitative estimate of drug-likeness (QED) is 0.465. The molecule has 0 spiro atoms. The van der Waals surface area contributed by atoms with E-state index >= 15 is 0 Å². The Morgan fingerprint density at radius 3 is 2.58 bits per heavy atom. The molecule has 0 radical (unpaired) electrons. The lowest BCUT2D eigenvalue weighted by atomic mass is 10.1. The van der Waals surface area contributed by atoms with Crippen LogP contribution in [-0.4, -0.2) is 15.9 Å². The Morgan fingerprint density at radius 2 is 1.77 bits per heavy atom. The summed E-state index contributed by atoms with van der Waals surface area (Å²) >= 11 is 0. The van der Waals surface area contributed by atoms with Crippen molar-refractivity contribution in [1.29, 1.82) is 0 Å². The number of hydrogen-bond donors (Lipinski definition) is 1. The maximum Gasteiger partial charge on any atom is 0.251 e. The Bertz CT molecular complexity index is 1210. The fraction of sp³-hybridized carbons (Fsp3) is 0.0800. The molecule has 0 aliphatic carbocycles. The maximum absolute atomic E-state index is 13.5. The summed E-state index contributed by atoms with van der Waals surface area (Å²) < 4.78 is 19.3. The highest BCUT2D eigenvalue weighted by molar-refractivity contribution is 5.94. The number of carbonyl (C=O) groups is 1. The van der Waals surface area contributed by atoms with Gasteiger partial charge in [0, 0.05) is 23.7 Å². The van der Waals surface area contributed by atoms with Gasteiger partial charge >= 0.3 is 0 Å². The van der Waals surface area contributed by atoms with Gasteiger partial charge in [-0.3, -0.25) is 4.79 Å². The van der Waals surface area contributed by atoms with E-state index in [2.05, 4.69) is 15.3 Å². The number of amides is 1. The van der Waals surface area contributed by atoms with Crippen molar-refractivity contribution in [2.45, 2.75) is 13.5 Å².